The van der Waals surface area contributed by atoms with E-state index in [1.807, 2.05) is 61.5 Å². The van der Waals surface area contributed by atoms with Crippen LogP contribution in [0.25, 0.3) is 22.3 Å². The maximum Gasteiger partial charge on any atom is 0.350 e. The average Bonchev–Trinajstić information content (AvgIpc) is 2.51. The fraction of sp³-hybridized carbons (Fsp3) is 0.483. The largest absolute Gasteiger partial charge is 0.461 e. The van der Waals surface area contributed by atoms with Gasteiger partial charge in [-0.1, -0.05) is 91.0 Å². The number of benzene rings is 3. The number of hydrogen-bond acceptors (Lipinski definition) is 19. The average molecular weight is 1270 g/mol. The maximum absolute atomic E-state index is 14.8. The van der Waals surface area contributed by atoms with Crippen LogP contribution in [-0.4, -0.2) is 127 Å². The first-order valence-electron chi connectivity index (χ1n) is 29.0. The summed E-state index contributed by atoms with van der Waals surface area (Å²) in [6.07, 6.45) is 8.17. The van der Waals surface area contributed by atoms with Crippen molar-refractivity contribution in [3.05, 3.63) is 133 Å². The molecule has 10 rings (SSSR count). The van der Waals surface area contributed by atoms with Gasteiger partial charge in [0.25, 0.3) is 0 Å². The van der Waals surface area contributed by atoms with Crippen molar-refractivity contribution in [1.82, 2.24) is 54.0 Å². The van der Waals surface area contributed by atoms with Gasteiger partial charge in [-0.3, -0.25) is 23.5 Å². The molecule has 0 saturated heterocycles. The summed E-state index contributed by atoms with van der Waals surface area (Å²) in [6, 6.07) is 30.6. The third kappa shape index (κ3) is 18.0. The molecule has 4 heterocycles. The topological polar surface area (TPSA) is 347 Å². The zero-order chi connectivity index (χ0) is 63.6. The van der Waals surface area contributed by atoms with Crippen LogP contribution in [0, 0.1) is 0 Å². The smallest absolute Gasteiger partial charge is 0.350 e. The van der Waals surface area contributed by atoms with Crippen molar-refractivity contribution in [2.24, 2.45) is 0 Å². The predicted octanol–water partition coefficient (Wildman–Crippen LogP) is 8.63. The van der Waals surface area contributed by atoms with Crippen LogP contribution < -0.4 is 26.5 Å². The van der Waals surface area contributed by atoms with E-state index in [0.717, 1.165) is 12.8 Å². The number of esters is 3. The highest BCUT2D eigenvalue weighted by Gasteiger charge is 2.46. The number of anilines is 2. The molecule has 0 amide bonds. The van der Waals surface area contributed by atoms with Crippen LogP contribution in [0.15, 0.2) is 116 Å². The van der Waals surface area contributed by atoms with Crippen LogP contribution in [0.4, 0.5) is 11.6 Å². The van der Waals surface area contributed by atoms with Gasteiger partial charge in [0.05, 0.1) is 38.0 Å². The van der Waals surface area contributed by atoms with Gasteiger partial charge in [0.1, 0.15) is 71.3 Å². The zero-order valence-electron chi connectivity index (χ0n) is 50.6. The molecule has 3 saturated carbocycles. The molecule has 88 heavy (non-hydrogen) atoms. The van der Waals surface area contributed by atoms with Crippen LogP contribution >= 0.6 is 26.8 Å². The Morgan fingerprint density at radius 1 is 0.557 bits per heavy atom. The van der Waals surface area contributed by atoms with Crippen LogP contribution in [0.1, 0.15) is 128 Å². The van der Waals surface area contributed by atoms with Gasteiger partial charge in [0.15, 0.2) is 22.9 Å². The summed E-state index contributed by atoms with van der Waals surface area (Å²) >= 11 is 5.51. The van der Waals surface area contributed by atoms with E-state index in [9.17, 15) is 23.5 Å². The molecule has 7 aromatic rings. The molecular weight excluding hydrogens is 1190 g/mol. The first-order chi connectivity index (χ1) is 41.6. The quantitative estimate of drug-likeness (QED) is 0.0129. The van der Waals surface area contributed by atoms with E-state index in [0.29, 0.717) is 78.9 Å². The molecule has 0 bridgehead atoms. The van der Waals surface area contributed by atoms with E-state index < -0.39 is 62.2 Å². The highest BCUT2D eigenvalue weighted by Crippen LogP contribution is 2.45. The third-order valence-electron chi connectivity index (χ3n) is 15.4. The van der Waals surface area contributed by atoms with E-state index >= 15 is 0 Å². The Morgan fingerprint density at radius 2 is 0.886 bits per heavy atom. The maximum atomic E-state index is 14.8. The molecule has 0 aliphatic heterocycles. The molecule has 3 fully saturated rings. The second kappa shape index (κ2) is 28.8. The Labute approximate surface area is 516 Å². The van der Waals surface area contributed by atoms with Crippen molar-refractivity contribution in [2.45, 2.75) is 172 Å². The van der Waals surface area contributed by atoms with Gasteiger partial charge >= 0.3 is 25.5 Å². The minimum absolute atomic E-state index is 0.0204. The fourth-order valence-corrected chi connectivity index (χ4v) is 13.3. The summed E-state index contributed by atoms with van der Waals surface area (Å²) in [5, 5.41) is 6.04. The second-order valence-electron chi connectivity index (χ2n) is 24.3. The van der Waals surface area contributed by atoms with Gasteiger partial charge in [0, 0.05) is 0 Å². The highest BCUT2D eigenvalue weighted by atomic mass is 35.5. The van der Waals surface area contributed by atoms with Gasteiger partial charge in [-0.15, -0.1) is 0 Å². The SMILES string of the molecule is CC(C)(NCl)C(=O)OC1CC(c2ccccc2)C1.C[C@H](Cn1cnc2c(N)ncnc21)OCP(=O)(NC(C)(C)C(=O)OC1CC(c2ccccc2)C1)NC(C)(C)C(=O)OC1CC(c2ccccc2)C1.C[C@H](Cn1cnc2c(N)ncnc21)OCP(=O)(O)O. The number of ether oxygens (including phenoxy) is 5. The Kier molecular flexibility index (Phi) is 22.0. The monoisotopic (exact) mass is 1270 g/mol. The van der Waals surface area contributed by atoms with Crippen LogP contribution in [0.3, 0.4) is 0 Å². The number of halogens is 1. The fourth-order valence-electron chi connectivity index (χ4n) is 10.2. The molecule has 474 valence electrons. The summed E-state index contributed by atoms with van der Waals surface area (Å²) in [7, 11) is -8.01. The molecule has 28 heteroatoms. The molecule has 3 aromatic carbocycles. The number of nitrogens with one attached hydrogen (secondary N) is 3. The lowest BCUT2D eigenvalue weighted by atomic mass is 9.77. The van der Waals surface area contributed by atoms with Crippen molar-refractivity contribution >= 4 is 78.7 Å². The Morgan fingerprint density at radius 3 is 1.22 bits per heavy atom. The number of imidazole rings is 2. The summed E-state index contributed by atoms with van der Waals surface area (Å²) < 4.78 is 57.4. The van der Waals surface area contributed by atoms with Gasteiger partial charge < -0.3 is 54.1 Å². The highest BCUT2D eigenvalue weighted by molar-refractivity contribution is 7.59. The number of aromatic nitrogens is 8. The number of carbonyl (C=O) groups is 3. The second-order valence-corrected chi connectivity index (χ2v) is 28.2. The van der Waals surface area contributed by atoms with Gasteiger partial charge in [-0.05, 0) is 140 Å². The Balaban J connectivity index is 0.000000219. The number of nitrogen functional groups attached to an aromatic ring is 2. The number of carbonyl (C=O) groups excluding carboxylic acids is 3. The van der Waals surface area contributed by atoms with E-state index in [1.165, 1.54) is 35.7 Å². The minimum atomic E-state index is -4.16. The summed E-state index contributed by atoms with van der Waals surface area (Å²) in [6.45, 7) is 14.1. The molecule has 0 spiro atoms. The van der Waals surface area contributed by atoms with E-state index in [1.54, 1.807) is 63.9 Å². The normalized spacial score (nSPS) is 20.7. The molecule has 3 aliphatic rings. The molecule has 4 aromatic heterocycles. The van der Waals surface area contributed by atoms with Gasteiger partial charge in [-0.2, -0.15) is 0 Å². The van der Waals surface area contributed by atoms with Crippen LogP contribution in [0.5, 0.6) is 0 Å². The summed E-state index contributed by atoms with van der Waals surface area (Å²) in [5.74, 6) is 0.324. The molecule has 0 radical (unpaired) electrons. The van der Waals surface area contributed by atoms with E-state index in [-0.39, 0.29) is 42.3 Å². The number of nitrogens with zero attached hydrogens (tertiary/aromatic N) is 8. The molecule has 2 atom stereocenters. The van der Waals surface area contributed by atoms with Gasteiger partial charge in [0.2, 0.25) is 7.44 Å². The van der Waals surface area contributed by atoms with Crippen molar-refractivity contribution < 1.29 is 57.0 Å². The lowest BCUT2D eigenvalue weighted by Gasteiger charge is -2.40. The Hall–Kier alpha value is -6.76. The molecule has 3 aliphatic carbocycles. The standard InChI is InChI=1S/C37H48N7O6P.C14H18ClNO2.C9H14N5O4P/c1-24(20-44-22-41-31-32(38)39-21-40-33(31)44)48-23-51(47,42-36(2,3)34(45)49-29-16-27(17-29)25-12-8-6-9-13-25)43-37(4,5)35(46)50-30-18-28(19-30)26-14-10-7-11-15-26;1-14(2,16-15)13(17)18-12-8-11(9-12)10-6-4-3-5-7-10;1-6(18-5-19(15,16)17)2-14-4-13-7-8(10)11-3-12-9(7)14/h6-15,21-22,24,27-30H,16-20,23H2,1-5H3,(H2,38,39,40)(H2,42,43,47);3-7,11-12,16H,8-9H2,1-2H3;3-4,6H,2,5H2,1H3,(H2,10,11,12)(H2,15,16,17)/t24-,27?,28?,29?,30?,51?;;6-/m1.1/s1. The number of fused-ring (bicyclic) bond motifs is 2. The lowest BCUT2D eigenvalue weighted by Crippen LogP contribution is -2.55. The molecule has 25 nitrogen and oxygen atoms in total. The van der Waals surface area contributed by atoms with Crippen LogP contribution in [-0.2, 0) is 60.3 Å². The molecule has 9 N–H and O–H groups in total. The lowest BCUT2D eigenvalue weighted by molar-refractivity contribution is -0.161. The van der Waals surface area contributed by atoms with Crippen molar-refractivity contribution in [1.29, 1.82) is 0 Å². The number of rotatable bonds is 24. The van der Waals surface area contributed by atoms with Crippen molar-refractivity contribution in [2.75, 3.05) is 24.2 Å². The van der Waals surface area contributed by atoms with Gasteiger partial charge in [-0.25, -0.2) is 44.9 Å². The first-order valence-corrected chi connectivity index (χ1v) is 33.1. The predicted molar refractivity (Wildman–Crippen MR) is 332 cm³/mol. The minimum Gasteiger partial charge on any atom is -0.461 e. The van der Waals surface area contributed by atoms with E-state index in [2.05, 4.69) is 81.3 Å². The zero-order valence-corrected chi connectivity index (χ0v) is 53.2. The summed E-state index contributed by atoms with van der Waals surface area (Å²) in [5.41, 5.74) is 13.8. The number of hydrogen-bond donors (Lipinski definition) is 7. The summed E-state index contributed by atoms with van der Waals surface area (Å²) in [4.78, 5) is 83.3. The number of nitrogens with two attached hydrogens (primary N) is 2. The van der Waals surface area contributed by atoms with E-state index in [4.69, 9.17) is 56.7 Å². The molecular formula is C60H80ClN13O12P2. The van der Waals surface area contributed by atoms with Crippen molar-refractivity contribution in [3.8, 4) is 0 Å². The third-order valence-corrected chi connectivity index (χ3v) is 18.8. The first kappa shape index (κ1) is 67.2. The van der Waals surface area contributed by atoms with Crippen LogP contribution in [0.2, 0.25) is 0 Å². The molecule has 0 unspecified atom stereocenters. The van der Waals surface area contributed by atoms with Crippen molar-refractivity contribution in [3.63, 3.8) is 0 Å². The Bertz CT molecular complexity index is 3470.